The molecule has 1 aromatic heterocycles. The minimum atomic E-state index is -0.0604. The first-order valence-corrected chi connectivity index (χ1v) is 22.6. The highest BCUT2D eigenvalue weighted by Gasteiger charge is 2.36. The number of hydrogen-bond donors (Lipinski definition) is 0. The van der Waals surface area contributed by atoms with Gasteiger partial charge in [0.2, 0.25) is 0 Å². The van der Waals surface area contributed by atoms with Crippen molar-refractivity contribution >= 4 is 38.9 Å². The Balaban J connectivity index is 0.984. The average Bonchev–Trinajstić information content (AvgIpc) is 3.82. The van der Waals surface area contributed by atoms with Gasteiger partial charge >= 0.3 is 0 Å². The number of para-hydroxylation sites is 2. The maximum atomic E-state index is 2.43. The number of anilines is 3. The second kappa shape index (κ2) is 15.6. The van der Waals surface area contributed by atoms with Crippen LogP contribution >= 0.6 is 0 Å². The largest absolute Gasteiger partial charge is 0.310 e. The maximum absolute atomic E-state index is 2.43. The van der Waals surface area contributed by atoms with Gasteiger partial charge in [-0.2, -0.15) is 0 Å². The molecule has 0 saturated carbocycles. The van der Waals surface area contributed by atoms with Gasteiger partial charge in [0.25, 0.3) is 0 Å². The summed E-state index contributed by atoms with van der Waals surface area (Å²) in [7, 11) is 0. The van der Waals surface area contributed by atoms with Crippen molar-refractivity contribution < 1.29 is 0 Å². The number of nitrogens with zero attached hydrogens (tertiary/aromatic N) is 2. The summed E-state index contributed by atoms with van der Waals surface area (Å²) in [6, 6.07) is 88.7. The standard InChI is InChI=1S/C63H46N2/c1-63(2)57-26-14-12-24-54(57)62-53(25-16-27-58(62)63)48-34-40-61-56(42-48)55-41-47(33-39-60(55)65(61)49-21-10-5-11-22-49)45-31-37-51(38-32-45)64(50-35-29-44(30-36-50)43-17-6-3-7-18-43)59-28-15-13-23-52(59)46-19-8-4-9-20-46/h3-42H,1-2H3. The van der Waals surface area contributed by atoms with Crippen molar-refractivity contribution in [1.82, 2.24) is 4.57 Å². The van der Waals surface area contributed by atoms with Crippen molar-refractivity contribution in [2.24, 2.45) is 0 Å². The normalized spacial score (nSPS) is 12.6. The molecular weight excluding hydrogens is 785 g/mol. The lowest BCUT2D eigenvalue weighted by Gasteiger charge is -2.28. The Labute approximate surface area is 381 Å². The molecule has 0 amide bonds. The molecule has 0 atom stereocenters. The Morgan fingerprint density at radius 1 is 0.338 bits per heavy atom. The van der Waals surface area contributed by atoms with E-state index in [-0.39, 0.29) is 5.41 Å². The molecule has 0 aliphatic heterocycles. The van der Waals surface area contributed by atoms with Gasteiger partial charge in [0, 0.05) is 38.8 Å². The van der Waals surface area contributed by atoms with E-state index in [1.54, 1.807) is 0 Å². The van der Waals surface area contributed by atoms with E-state index in [0.717, 1.165) is 22.7 Å². The molecule has 2 nitrogen and oxygen atoms in total. The van der Waals surface area contributed by atoms with E-state index < -0.39 is 0 Å². The topological polar surface area (TPSA) is 8.17 Å². The van der Waals surface area contributed by atoms with E-state index in [0.29, 0.717) is 0 Å². The zero-order valence-electron chi connectivity index (χ0n) is 36.5. The van der Waals surface area contributed by atoms with E-state index >= 15 is 0 Å². The van der Waals surface area contributed by atoms with E-state index in [4.69, 9.17) is 0 Å². The molecule has 1 heterocycles. The molecule has 0 N–H and O–H groups in total. The number of rotatable bonds is 8. The fraction of sp³-hybridized carbons (Fsp3) is 0.0476. The first-order chi connectivity index (χ1) is 32.0. The van der Waals surface area contributed by atoms with Gasteiger partial charge in [0.15, 0.2) is 0 Å². The summed E-state index contributed by atoms with van der Waals surface area (Å²) >= 11 is 0. The Morgan fingerprint density at radius 2 is 0.800 bits per heavy atom. The quantitative estimate of drug-likeness (QED) is 0.148. The van der Waals surface area contributed by atoms with Gasteiger partial charge in [-0.05, 0) is 128 Å². The molecule has 12 rings (SSSR count). The highest BCUT2D eigenvalue weighted by atomic mass is 15.1. The number of hydrogen-bond acceptors (Lipinski definition) is 1. The minimum Gasteiger partial charge on any atom is -0.310 e. The van der Waals surface area contributed by atoms with Crippen LogP contribution in [0.5, 0.6) is 0 Å². The monoisotopic (exact) mass is 830 g/mol. The summed E-state index contributed by atoms with van der Waals surface area (Å²) in [4.78, 5) is 2.39. The molecule has 0 radical (unpaired) electrons. The number of aromatic nitrogens is 1. The van der Waals surface area contributed by atoms with Gasteiger partial charge in [-0.3, -0.25) is 0 Å². The smallest absolute Gasteiger partial charge is 0.0541 e. The van der Waals surface area contributed by atoms with Crippen LogP contribution in [-0.2, 0) is 5.41 Å². The van der Waals surface area contributed by atoms with Crippen LogP contribution in [0.25, 0.3) is 83.1 Å². The predicted octanol–water partition coefficient (Wildman–Crippen LogP) is 17.2. The third-order valence-corrected chi connectivity index (χ3v) is 13.6. The Morgan fingerprint density at radius 3 is 1.46 bits per heavy atom. The maximum Gasteiger partial charge on any atom is 0.0541 e. The summed E-state index contributed by atoms with van der Waals surface area (Å²) in [6.45, 7) is 4.72. The van der Waals surface area contributed by atoms with Crippen LogP contribution in [0.3, 0.4) is 0 Å². The van der Waals surface area contributed by atoms with Crippen molar-refractivity contribution in [2.75, 3.05) is 4.90 Å². The Kier molecular flexibility index (Phi) is 9.21. The third-order valence-electron chi connectivity index (χ3n) is 13.6. The van der Waals surface area contributed by atoms with Crippen LogP contribution in [0, 0.1) is 0 Å². The number of fused-ring (bicyclic) bond motifs is 6. The van der Waals surface area contributed by atoms with Crippen LogP contribution in [0.1, 0.15) is 25.0 Å². The number of benzene rings is 10. The second-order valence-electron chi connectivity index (χ2n) is 17.7. The van der Waals surface area contributed by atoms with Crippen molar-refractivity contribution in [3.8, 4) is 61.3 Å². The van der Waals surface area contributed by atoms with Gasteiger partial charge in [-0.15, -0.1) is 0 Å². The predicted molar refractivity (Wildman–Crippen MR) is 275 cm³/mol. The molecule has 0 unspecified atom stereocenters. The Bertz CT molecular complexity index is 3530. The zero-order valence-corrected chi connectivity index (χ0v) is 36.5. The van der Waals surface area contributed by atoms with Crippen LogP contribution < -0.4 is 4.90 Å². The molecule has 1 aliphatic carbocycles. The summed E-state index contributed by atoms with van der Waals surface area (Å²) in [5.74, 6) is 0. The summed E-state index contributed by atoms with van der Waals surface area (Å²) in [5, 5.41) is 2.48. The fourth-order valence-electron chi connectivity index (χ4n) is 10.4. The van der Waals surface area contributed by atoms with Crippen molar-refractivity contribution in [1.29, 1.82) is 0 Å². The summed E-state index contributed by atoms with van der Waals surface area (Å²) in [5.41, 5.74) is 21.9. The molecule has 308 valence electrons. The average molecular weight is 831 g/mol. The van der Waals surface area contributed by atoms with Gasteiger partial charge in [-0.1, -0.05) is 190 Å². The molecule has 1 aliphatic rings. The first-order valence-electron chi connectivity index (χ1n) is 22.6. The van der Waals surface area contributed by atoms with Crippen molar-refractivity contribution in [3.05, 3.63) is 254 Å². The van der Waals surface area contributed by atoms with Crippen molar-refractivity contribution in [3.63, 3.8) is 0 Å². The highest BCUT2D eigenvalue weighted by Crippen LogP contribution is 2.52. The fourth-order valence-corrected chi connectivity index (χ4v) is 10.4. The summed E-state index contributed by atoms with van der Waals surface area (Å²) < 4.78 is 2.42. The molecule has 65 heavy (non-hydrogen) atoms. The van der Waals surface area contributed by atoms with E-state index in [1.807, 2.05) is 0 Å². The van der Waals surface area contributed by atoms with E-state index in [9.17, 15) is 0 Å². The van der Waals surface area contributed by atoms with Crippen LogP contribution in [-0.4, -0.2) is 4.57 Å². The molecule has 11 aromatic rings. The molecule has 0 saturated heterocycles. The zero-order chi connectivity index (χ0) is 43.5. The SMILES string of the molecule is CC1(C)c2ccccc2-c2c(-c3ccc4c(c3)c3cc(-c5ccc(N(c6ccc(-c7ccccc7)cc6)c6ccccc6-c6ccccc6)cc5)ccc3n4-c3ccccc3)cccc21. The van der Waals surface area contributed by atoms with Crippen LogP contribution in [0.15, 0.2) is 243 Å². The van der Waals surface area contributed by atoms with Crippen LogP contribution in [0.2, 0.25) is 0 Å². The third kappa shape index (κ3) is 6.49. The van der Waals surface area contributed by atoms with E-state index in [2.05, 4.69) is 266 Å². The van der Waals surface area contributed by atoms with Crippen molar-refractivity contribution in [2.45, 2.75) is 19.3 Å². The Hall–Kier alpha value is -8.20. The molecule has 0 spiro atoms. The molecular formula is C63H46N2. The van der Waals surface area contributed by atoms with Gasteiger partial charge in [0.05, 0.1) is 16.7 Å². The van der Waals surface area contributed by atoms with E-state index in [1.165, 1.54) is 88.6 Å². The molecule has 10 aromatic carbocycles. The highest BCUT2D eigenvalue weighted by molar-refractivity contribution is 6.12. The van der Waals surface area contributed by atoms with Crippen LogP contribution in [0.4, 0.5) is 17.1 Å². The molecule has 2 heteroatoms. The molecule has 0 bridgehead atoms. The first kappa shape index (κ1) is 38.5. The summed E-state index contributed by atoms with van der Waals surface area (Å²) in [6.07, 6.45) is 0. The van der Waals surface area contributed by atoms with Gasteiger partial charge in [-0.25, -0.2) is 0 Å². The van der Waals surface area contributed by atoms with Gasteiger partial charge in [0.1, 0.15) is 0 Å². The lowest BCUT2D eigenvalue weighted by Crippen LogP contribution is -2.14. The van der Waals surface area contributed by atoms with Gasteiger partial charge < -0.3 is 9.47 Å². The second-order valence-corrected chi connectivity index (χ2v) is 17.7. The minimum absolute atomic E-state index is 0.0604. The lowest BCUT2D eigenvalue weighted by atomic mass is 9.82. The molecule has 0 fully saturated rings. The lowest BCUT2D eigenvalue weighted by molar-refractivity contribution is 0.660.